The lowest BCUT2D eigenvalue weighted by atomic mass is 10.2. The highest BCUT2D eigenvalue weighted by molar-refractivity contribution is 5.86. The number of rotatable bonds is 8. The number of aliphatic imine (C=N–C) groups is 1. The molecule has 22 heavy (non-hydrogen) atoms. The zero-order valence-corrected chi connectivity index (χ0v) is 13.6. The fourth-order valence-electron chi connectivity index (χ4n) is 1.84. The molecular formula is C16H26N4O2. The summed E-state index contributed by atoms with van der Waals surface area (Å²) in [5.41, 5.74) is 1.04. The predicted octanol–water partition coefficient (Wildman–Crippen LogP) is 1.28. The summed E-state index contributed by atoms with van der Waals surface area (Å²) < 4.78 is 5.58. The van der Waals surface area contributed by atoms with Crippen LogP contribution in [0.4, 0.5) is 0 Å². The number of guanidine groups is 1. The molecule has 122 valence electrons. The van der Waals surface area contributed by atoms with Gasteiger partial charge in [-0.15, -0.1) is 0 Å². The standard InChI is InChI=1S/C16H26N4O2/c1-4-10-18-15(21)12-20-16(17-3)19-11-13-8-6-7-9-14(13)22-5-2/h6-9H,4-5,10-12H2,1-3H3,(H,18,21)(H2,17,19,20). The lowest BCUT2D eigenvalue weighted by Crippen LogP contribution is -2.43. The van der Waals surface area contributed by atoms with Crippen molar-refractivity contribution in [3.63, 3.8) is 0 Å². The summed E-state index contributed by atoms with van der Waals surface area (Å²) in [4.78, 5) is 15.7. The monoisotopic (exact) mass is 306 g/mol. The van der Waals surface area contributed by atoms with Gasteiger partial charge in [0.2, 0.25) is 5.91 Å². The maximum atomic E-state index is 11.6. The number of carbonyl (C=O) groups is 1. The fraction of sp³-hybridized carbons (Fsp3) is 0.500. The van der Waals surface area contributed by atoms with Gasteiger partial charge in [-0.2, -0.15) is 0 Å². The van der Waals surface area contributed by atoms with Crippen LogP contribution in [0.2, 0.25) is 0 Å². The van der Waals surface area contributed by atoms with Crippen molar-refractivity contribution in [2.45, 2.75) is 26.8 Å². The smallest absolute Gasteiger partial charge is 0.239 e. The molecule has 6 nitrogen and oxygen atoms in total. The van der Waals surface area contributed by atoms with Crippen LogP contribution in [0.3, 0.4) is 0 Å². The number of carbonyl (C=O) groups excluding carboxylic acids is 1. The van der Waals surface area contributed by atoms with Crippen molar-refractivity contribution >= 4 is 11.9 Å². The molecule has 1 aromatic rings. The van der Waals surface area contributed by atoms with Crippen molar-refractivity contribution in [3.8, 4) is 5.75 Å². The minimum Gasteiger partial charge on any atom is -0.494 e. The van der Waals surface area contributed by atoms with E-state index >= 15 is 0 Å². The van der Waals surface area contributed by atoms with E-state index in [1.807, 2.05) is 38.1 Å². The Morgan fingerprint density at radius 2 is 1.95 bits per heavy atom. The molecule has 1 rings (SSSR count). The second-order valence-corrected chi connectivity index (χ2v) is 4.67. The van der Waals surface area contributed by atoms with Gasteiger partial charge in [0.05, 0.1) is 13.2 Å². The highest BCUT2D eigenvalue weighted by Gasteiger charge is 2.05. The molecule has 0 bridgehead atoms. The summed E-state index contributed by atoms with van der Waals surface area (Å²) >= 11 is 0. The van der Waals surface area contributed by atoms with Crippen LogP contribution < -0.4 is 20.7 Å². The van der Waals surface area contributed by atoms with E-state index in [0.29, 0.717) is 25.7 Å². The van der Waals surface area contributed by atoms with Gasteiger partial charge in [0.15, 0.2) is 5.96 Å². The van der Waals surface area contributed by atoms with E-state index in [2.05, 4.69) is 20.9 Å². The summed E-state index contributed by atoms with van der Waals surface area (Å²) in [7, 11) is 1.67. The van der Waals surface area contributed by atoms with Gasteiger partial charge in [-0.05, 0) is 19.4 Å². The molecule has 1 amide bonds. The number of hydrogen-bond donors (Lipinski definition) is 3. The normalized spacial score (nSPS) is 11.0. The van der Waals surface area contributed by atoms with Crippen LogP contribution in [-0.2, 0) is 11.3 Å². The minimum atomic E-state index is -0.0421. The van der Waals surface area contributed by atoms with Gasteiger partial charge in [0, 0.05) is 25.7 Å². The summed E-state index contributed by atoms with van der Waals surface area (Å²) in [5.74, 6) is 1.39. The lowest BCUT2D eigenvalue weighted by Gasteiger charge is -2.14. The molecule has 0 unspecified atom stereocenters. The Hall–Kier alpha value is -2.24. The van der Waals surface area contributed by atoms with Gasteiger partial charge in [0.25, 0.3) is 0 Å². The Bertz CT molecular complexity index is 489. The highest BCUT2D eigenvalue weighted by Crippen LogP contribution is 2.17. The molecule has 3 N–H and O–H groups in total. The third-order valence-corrected chi connectivity index (χ3v) is 2.93. The van der Waals surface area contributed by atoms with E-state index in [0.717, 1.165) is 17.7 Å². The average Bonchev–Trinajstić information content (AvgIpc) is 2.54. The van der Waals surface area contributed by atoms with Crippen molar-refractivity contribution in [2.75, 3.05) is 26.7 Å². The number of benzene rings is 1. The Kier molecular flexibility index (Phi) is 8.49. The molecule has 0 heterocycles. The van der Waals surface area contributed by atoms with Crippen LogP contribution in [-0.4, -0.2) is 38.6 Å². The summed E-state index contributed by atoms with van der Waals surface area (Å²) in [6.45, 7) is 6.07. The maximum absolute atomic E-state index is 11.6. The third kappa shape index (κ3) is 6.47. The second-order valence-electron chi connectivity index (χ2n) is 4.67. The number of amides is 1. The van der Waals surface area contributed by atoms with Crippen LogP contribution in [0.25, 0.3) is 0 Å². The Morgan fingerprint density at radius 1 is 1.18 bits per heavy atom. The van der Waals surface area contributed by atoms with Gasteiger partial charge >= 0.3 is 0 Å². The molecule has 0 saturated carbocycles. The largest absolute Gasteiger partial charge is 0.494 e. The van der Waals surface area contributed by atoms with Crippen LogP contribution in [0.1, 0.15) is 25.8 Å². The van der Waals surface area contributed by atoms with Gasteiger partial charge < -0.3 is 20.7 Å². The third-order valence-electron chi connectivity index (χ3n) is 2.93. The quantitative estimate of drug-likeness (QED) is 0.499. The number of nitrogens with zero attached hydrogens (tertiary/aromatic N) is 1. The first-order chi connectivity index (χ1) is 10.7. The summed E-state index contributed by atoms with van der Waals surface area (Å²) in [6, 6.07) is 7.85. The summed E-state index contributed by atoms with van der Waals surface area (Å²) in [5, 5.41) is 8.97. The zero-order chi connectivity index (χ0) is 16.2. The van der Waals surface area contributed by atoms with Crippen LogP contribution in [0.15, 0.2) is 29.3 Å². The number of nitrogens with one attached hydrogen (secondary N) is 3. The molecule has 0 aromatic heterocycles. The zero-order valence-electron chi connectivity index (χ0n) is 13.6. The van der Waals surface area contributed by atoms with Crippen molar-refractivity contribution in [3.05, 3.63) is 29.8 Å². The molecule has 1 aromatic carbocycles. The maximum Gasteiger partial charge on any atom is 0.239 e. The number of hydrogen-bond acceptors (Lipinski definition) is 3. The van der Waals surface area contributed by atoms with Crippen molar-refractivity contribution in [1.82, 2.24) is 16.0 Å². The lowest BCUT2D eigenvalue weighted by molar-refractivity contribution is -0.120. The molecule has 6 heteroatoms. The first kappa shape index (κ1) is 17.8. The number of para-hydroxylation sites is 1. The Labute approximate surface area is 132 Å². The highest BCUT2D eigenvalue weighted by atomic mass is 16.5. The topological polar surface area (TPSA) is 74.8 Å². The van der Waals surface area contributed by atoms with Gasteiger partial charge in [-0.25, -0.2) is 0 Å². The van der Waals surface area contributed by atoms with Crippen LogP contribution in [0, 0.1) is 0 Å². The molecule has 0 fully saturated rings. The van der Waals surface area contributed by atoms with E-state index in [1.54, 1.807) is 7.05 Å². The molecule has 0 aliphatic rings. The van der Waals surface area contributed by atoms with Crippen LogP contribution in [0.5, 0.6) is 5.75 Å². The van der Waals surface area contributed by atoms with E-state index < -0.39 is 0 Å². The molecule has 0 aliphatic heterocycles. The Morgan fingerprint density at radius 3 is 2.64 bits per heavy atom. The van der Waals surface area contributed by atoms with Gasteiger partial charge in [-0.3, -0.25) is 9.79 Å². The average molecular weight is 306 g/mol. The SMILES string of the molecule is CCCNC(=O)CNC(=NC)NCc1ccccc1OCC. The first-order valence-electron chi connectivity index (χ1n) is 7.63. The van der Waals surface area contributed by atoms with Gasteiger partial charge in [-0.1, -0.05) is 25.1 Å². The second kappa shape index (κ2) is 10.5. The van der Waals surface area contributed by atoms with Crippen LogP contribution >= 0.6 is 0 Å². The molecule has 0 aliphatic carbocycles. The predicted molar refractivity (Wildman–Crippen MR) is 89.1 cm³/mol. The van der Waals surface area contributed by atoms with E-state index in [-0.39, 0.29) is 12.5 Å². The number of ether oxygens (including phenoxy) is 1. The molecule has 0 radical (unpaired) electrons. The molecule has 0 spiro atoms. The van der Waals surface area contributed by atoms with Gasteiger partial charge in [0.1, 0.15) is 5.75 Å². The first-order valence-corrected chi connectivity index (χ1v) is 7.63. The van der Waals surface area contributed by atoms with E-state index in [1.165, 1.54) is 0 Å². The fourth-order valence-corrected chi connectivity index (χ4v) is 1.84. The van der Waals surface area contributed by atoms with Crippen molar-refractivity contribution < 1.29 is 9.53 Å². The van der Waals surface area contributed by atoms with Crippen molar-refractivity contribution in [2.24, 2.45) is 4.99 Å². The molecule has 0 saturated heterocycles. The van der Waals surface area contributed by atoms with Crippen molar-refractivity contribution in [1.29, 1.82) is 0 Å². The van der Waals surface area contributed by atoms with E-state index in [9.17, 15) is 4.79 Å². The Balaban J connectivity index is 2.46. The minimum absolute atomic E-state index is 0.0421. The summed E-state index contributed by atoms with van der Waals surface area (Å²) in [6.07, 6.45) is 0.924. The van der Waals surface area contributed by atoms with E-state index in [4.69, 9.17) is 4.74 Å². The molecule has 0 atom stereocenters. The molecular weight excluding hydrogens is 280 g/mol.